The Bertz CT molecular complexity index is 783. The fourth-order valence-electron chi connectivity index (χ4n) is 2.29. The molecule has 6 heteroatoms. The zero-order chi connectivity index (χ0) is 17.0. The summed E-state index contributed by atoms with van der Waals surface area (Å²) in [5.41, 5.74) is 2.32. The molecular formula is C17H18N4O2. The van der Waals surface area contributed by atoms with E-state index < -0.39 is 5.97 Å². The summed E-state index contributed by atoms with van der Waals surface area (Å²) in [7, 11) is 4.94. The molecule has 0 aliphatic heterocycles. The second-order valence-electron chi connectivity index (χ2n) is 5.14. The number of carbonyl (C=O) groups is 1. The molecule has 0 saturated heterocycles. The van der Waals surface area contributed by atoms with Crippen molar-refractivity contribution in [3.63, 3.8) is 0 Å². The highest BCUT2D eigenvalue weighted by Crippen LogP contribution is 2.33. The normalized spacial score (nSPS) is 10.6. The SMILES string of the molecule is COC(=O)c1c(N=CN(C)C)c(C#N)c(C)n1-c1ccccc1. The standard InChI is InChI=1S/C17H18N4O2/c1-12-14(10-18)15(19-11-20(2)3)16(17(22)23-4)21(12)13-8-6-5-7-9-13/h5-9,11H,1-4H3. The molecule has 0 atom stereocenters. The molecule has 0 saturated carbocycles. The molecule has 0 spiro atoms. The quantitative estimate of drug-likeness (QED) is 0.494. The lowest BCUT2D eigenvalue weighted by atomic mass is 10.2. The molecule has 0 radical (unpaired) electrons. The van der Waals surface area contributed by atoms with Crippen LogP contribution < -0.4 is 0 Å². The summed E-state index contributed by atoms with van der Waals surface area (Å²) >= 11 is 0. The Labute approximate surface area is 135 Å². The van der Waals surface area contributed by atoms with Crippen LogP contribution in [0.1, 0.15) is 21.7 Å². The maximum atomic E-state index is 12.3. The average molecular weight is 310 g/mol. The van der Waals surface area contributed by atoms with Crippen molar-refractivity contribution in [3.8, 4) is 11.8 Å². The summed E-state index contributed by atoms with van der Waals surface area (Å²) in [4.78, 5) is 18.4. The predicted octanol–water partition coefficient (Wildman–Crippen LogP) is 2.67. The van der Waals surface area contributed by atoms with E-state index in [2.05, 4.69) is 11.1 Å². The Hall–Kier alpha value is -3.07. The van der Waals surface area contributed by atoms with Gasteiger partial charge < -0.3 is 14.2 Å². The average Bonchev–Trinajstić information content (AvgIpc) is 2.84. The first-order valence-electron chi connectivity index (χ1n) is 7.01. The number of carbonyl (C=O) groups excluding carboxylic acids is 1. The maximum Gasteiger partial charge on any atom is 0.357 e. The molecule has 1 aromatic carbocycles. The number of aliphatic imine (C=N–C) groups is 1. The lowest BCUT2D eigenvalue weighted by Crippen LogP contribution is -2.11. The zero-order valence-corrected chi connectivity index (χ0v) is 13.6. The molecule has 23 heavy (non-hydrogen) atoms. The highest BCUT2D eigenvalue weighted by Gasteiger charge is 2.26. The van der Waals surface area contributed by atoms with Crippen LogP contribution >= 0.6 is 0 Å². The first kappa shape index (κ1) is 16.3. The molecule has 0 unspecified atom stereocenters. The van der Waals surface area contributed by atoms with E-state index in [0.717, 1.165) is 5.69 Å². The number of ether oxygens (including phenoxy) is 1. The van der Waals surface area contributed by atoms with Gasteiger partial charge in [0, 0.05) is 25.5 Å². The van der Waals surface area contributed by atoms with E-state index in [1.165, 1.54) is 7.11 Å². The van der Waals surface area contributed by atoms with Gasteiger partial charge in [0.2, 0.25) is 0 Å². The van der Waals surface area contributed by atoms with Crippen LogP contribution in [0.2, 0.25) is 0 Å². The summed E-state index contributed by atoms with van der Waals surface area (Å²) in [6.07, 6.45) is 1.55. The minimum absolute atomic E-state index is 0.242. The third-order valence-electron chi connectivity index (χ3n) is 3.30. The largest absolute Gasteiger partial charge is 0.464 e. The Morgan fingerprint density at radius 1 is 1.35 bits per heavy atom. The maximum absolute atomic E-state index is 12.3. The summed E-state index contributed by atoms with van der Waals surface area (Å²) in [6, 6.07) is 11.5. The van der Waals surface area contributed by atoms with Crippen LogP contribution in [0.4, 0.5) is 5.69 Å². The smallest absolute Gasteiger partial charge is 0.357 e. The van der Waals surface area contributed by atoms with Crippen molar-refractivity contribution < 1.29 is 9.53 Å². The number of nitriles is 1. The second-order valence-corrected chi connectivity index (χ2v) is 5.14. The van der Waals surface area contributed by atoms with Gasteiger partial charge in [0.1, 0.15) is 11.8 Å². The number of benzene rings is 1. The molecule has 0 N–H and O–H groups in total. The summed E-state index contributed by atoms with van der Waals surface area (Å²) in [5, 5.41) is 9.50. The molecular weight excluding hydrogens is 292 g/mol. The van der Waals surface area contributed by atoms with Crippen LogP contribution in [0.3, 0.4) is 0 Å². The fourth-order valence-corrected chi connectivity index (χ4v) is 2.29. The number of para-hydroxylation sites is 1. The number of hydrogen-bond donors (Lipinski definition) is 0. The van der Waals surface area contributed by atoms with Crippen LogP contribution in [0.5, 0.6) is 0 Å². The lowest BCUT2D eigenvalue weighted by Gasteiger charge is -2.10. The number of methoxy groups -OCH3 is 1. The number of hydrogen-bond acceptors (Lipinski definition) is 4. The third kappa shape index (κ3) is 3.09. The van der Waals surface area contributed by atoms with Crippen molar-refractivity contribution in [2.24, 2.45) is 4.99 Å². The molecule has 1 aromatic heterocycles. The van der Waals surface area contributed by atoms with Gasteiger partial charge in [-0.25, -0.2) is 9.79 Å². The van der Waals surface area contributed by atoms with E-state index >= 15 is 0 Å². The van der Waals surface area contributed by atoms with Crippen molar-refractivity contribution in [3.05, 3.63) is 47.3 Å². The van der Waals surface area contributed by atoms with Crippen LogP contribution in [-0.2, 0) is 4.74 Å². The van der Waals surface area contributed by atoms with Crippen LogP contribution in [0.15, 0.2) is 35.3 Å². The topological polar surface area (TPSA) is 70.6 Å². The number of rotatable bonds is 4. The number of esters is 1. The number of aromatic nitrogens is 1. The summed E-state index contributed by atoms with van der Waals surface area (Å²) < 4.78 is 6.60. The van der Waals surface area contributed by atoms with Gasteiger partial charge in [0.05, 0.1) is 19.0 Å². The van der Waals surface area contributed by atoms with Crippen molar-refractivity contribution in [1.82, 2.24) is 9.47 Å². The van der Waals surface area contributed by atoms with Crippen molar-refractivity contribution in [2.45, 2.75) is 6.92 Å². The molecule has 1 heterocycles. The zero-order valence-electron chi connectivity index (χ0n) is 13.6. The second kappa shape index (κ2) is 6.79. The van der Waals surface area contributed by atoms with E-state index in [1.807, 2.05) is 44.4 Å². The molecule has 2 aromatic rings. The van der Waals surface area contributed by atoms with Gasteiger partial charge in [-0.3, -0.25) is 0 Å². The summed E-state index contributed by atoms with van der Waals surface area (Å²) in [6.45, 7) is 1.78. The third-order valence-corrected chi connectivity index (χ3v) is 3.30. The van der Waals surface area contributed by atoms with Crippen LogP contribution in [0, 0.1) is 18.3 Å². The highest BCUT2D eigenvalue weighted by atomic mass is 16.5. The Morgan fingerprint density at radius 3 is 2.52 bits per heavy atom. The van der Waals surface area contributed by atoms with E-state index in [0.29, 0.717) is 16.9 Å². The van der Waals surface area contributed by atoms with Crippen molar-refractivity contribution in [1.29, 1.82) is 5.26 Å². The molecule has 0 amide bonds. The van der Waals surface area contributed by atoms with Gasteiger partial charge in [-0.05, 0) is 19.1 Å². The molecule has 2 rings (SSSR count). The monoisotopic (exact) mass is 310 g/mol. The highest BCUT2D eigenvalue weighted by molar-refractivity contribution is 5.97. The van der Waals surface area contributed by atoms with Gasteiger partial charge in [-0.2, -0.15) is 5.26 Å². The molecule has 118 valence electrons. The van der Waals surface area contributed by atoms with Gasteiger partial charge in [-0.15, -0.1) is 0 Å². The molecule has 0 aliphatic rings. The van der Waals surface area contributed by atoms with Crippen molar-refractivity contribution >= 4 is 18.0 Å². The van der Waals surface area contributed by atoms with E-state index in [1.54, 1.807) is 22.7 Å². The van der Waals surface area contributed by atoms with Crippen LogP contribution in [0.25, 0.3) is 5.69 Å². The Kier molecular flexibility index (Phi) is 4.82. The van der Waals surface area contributed by atoms with E-state index in [4.69, 9.17) is 4.74 Å². The Balaban J connectivity index is 2.81. The first-order chi connectivity index (χ1) is 11.0. The molecule has 0 fully saturated rings. The fraction of sp³-hybridized carbons (Fsp3) is 0.235. The minimum Gasteiger partial charge on any atom is -0.464 e. The number of nitrogens with zero attached hydrogens (tertiary/aromatic N) is 4. The van der Waals surface area contributed by atoms with Crippen molar-refractivity contribution in [2.75, 3.05) is 21.2 Å². The lowest BCUT2D eigenvalue weighted by molar-refractivity contribution is 0.0592. The van der Waals surface area contributed by atoms with E-state index in [-0.39, 0.29) is 5.69 Å². The minimum atomic E-state index is -0.538. The Morgan fingerprint density at radius 2 is 2.00 bits per heavy atom. The molecule has 0 aliphatic carbocycles. The van der Waals surface area contributed by atoms with E-state index in [9.17, 15) is 10.1 Å². The van der Waals surface area contributed by atoms with Gasteiger partial charge >= 0.3 is 5.97 Å². The first-order valence-corrected chi connectivity index (χ1v) is 7.01. The predicted molar refractivity (Wildman–Crippen MR) is 88.4 cm³/mol. The van der Waals surface area contributed by atoms with Gasteiger partial charge in [-0.1, -0.05) is 18.2 Å². The molecule has 6 nitrogen and oxygen atoms in total. The van der Waals surface area contributed by atoms with Gasteiger partial charge in [0.25, 0.3) is 0 Å². The molecule has 0 bridgehead atoms. The van der Waals surface area contributed by atoms with Gasteiger partial charge in [0.15, 0.2) is 5.69 Å². The summed E-state index contributed by atoms with van der Waals surface area (Å²) in [5.74, 6) is -0.538. The van der Waals surface area contributed by atoms with Crippen LogP contribution in [-0.4, -0.2) is 43.0 Å².